The molecule has 0 radical (unpaired) electrons. The number of nitrogens with zero attached hydrogens (tertiary/aromatic N) is 2. The first-order valence-corrected chi connectivity index (χ1v) is 11.1. The lowest BCUT2D eigenvalue weighted by Gasteiger charge is -2.35. The third-order valence-electron chi connectivity index (χ3n) is 4.51. The lowest BCUT2D eigenvalue weighted by molar-refractivity contribution is -0.136. The highest BCUT2D eigenvalue weighted by molar-refractivity contribution is 7.99. The van der Waals surface area contributed by atoms with Crippen molar-refractivity contribution in [1.82, 2.24) is 9.21 Å². The van der Waals surface area contributed by atoms with Gasteiger partial charge in [0.05, 0.1) is 10.8 Å². The van der Waals surface area contributed by atoms with E-state index in [0.717, 1.165) is 31.0 Å². The van der Waals surface area contributed by atoms with Crippen molar-refractivity contribution >= 4 is 39.3 Å². The van der Waals surface area contributed by atoms with Gasteiger partial charge in [-0.3, -0.25) is 4.79 Å². The Morgan fingerprint density at radius 3 is 2.46 bits per heavy atom. The van der Waals surface area contributed by atoms with E-state index in [4.69, 9.17) is 11.6 Å². The van der Waals surface area contributed by atoms with E-state index >= 15 is 0 Å². The number of thioether (sulfide) groups is 1. The Labute approximate surface area is 152 Å². The SMILES string of the molecule is O=C([C@@H]1CCCN(S(=O)(=O)c2ccc(Cl)cc2)C1)N1CCSCC1. The fourth-order valence-electron chi connectivity index (χ4n) is 3.16. The zero-order chi connectivity index (χ0) is 17.2. The predicted molar refractivity (Wildman–Crippen MR) is 96.8 cm³/mol. The summed E-state index contributed by atoms with van der Waals surface area (Å²) in [5.41, 5.74) is 0. The van der Waals surface area contributed by atoms with Gasteiger partial charge in [-0.1, -0.05) is 11.6 Å². The second-order valence-corrected chi connectivity index (χ2v) is 9.69. The van der Waals surface area contributed by atoms with Gasteiger partial charge in [0.25, 0.3) is 0 Å². The topological polar surface area (TPSA) is 57.7 Å². The molecule has 0 N–H and O–H groups in total. The Balaban J connectivity index is 1.72. The molecule has 0 spiro atoms. The van der Waals surface area contributed by atoms with Crippen molar-refractivity contribution in [2.75, 3.05) is 37.7 Å². The van der Waals surface area contributed by atoms with Gasteiger partial charge in [0.1, 0.15) is 0 Å². The minimum Gasteiger partial charge on any atom is -0.341 e. The fourth-order valence-corrected chi connectivity index (χ4v) is 5.71. The zero-order valence-corrected chi connectivity index (χ0v) is 15.7. The van der Waals surface area contributed by atoms with Crippen molar-refractivity contribution < 1.29 is 13.2 Å². The van der Waals surface area contributed by atoms with Gasteiger partial charge in [-0.15, -0.1) is 0 Å². The Morgan fingerprint density at radius 1 is 1.12 bits per heavy atom. The van der Waals surface area contributed by atoms with Crippen LogP contribution in [0.4, 0.5) is 0 Å². The molecule has 1 atom stereocenters. The summed E-state index contributed by atoms with van der Waals surface area (Å²) in [5.74, 6) is 1.80. The molecule has 3 rings (SSSR count). The molecule has 2 fully saturated rings. The molecular weight excluding hydrogens is 368 g/mol. The smallest absolute Gasteiger partial charge is 0.243 e. The molecule has 2 aliphatic heterocycles. The van der Waals surface area contributed by atoms with Crippen LogP contribution in [0, 0.1) is 5.92 Å². The summed E-state index contributed by atoms with van der Waals surface area (Å²) in [6.45, 7) is 2.27. The van der Waals surface area contributed by atoms with Crippen LogP contribution < -0.4 is 0 Å². The molecule has 5 nitrogen and oxygen atoms in total. The van der Waals surface area contributed by atoms with Crippen LogP contribution in [0.25, 0.3) is 0 Å². The monoisotopic (exact) mass is 388 g/mol. The first-order chi connectivity index (χ1) is 11.5. The van der Waals surface area contributed by atoms with Gasteiger partial charge >= 0.3 is 0 Å². The highest BCUT2D eigenvalue weighted by Crippen LogP contribution is 2.26. The van der Waals surface area contributed by atoms with Gasteiger partial charge in [-0.05, 0) is 37.1 Å². The summed E-state index contributed by atoms with van der Waals surface area (Å²) in [4.78, 5) is 14.8. The standard InChI is InChI=1S/C16H21ClN2O3S2/c17-14-3-5-15(6-4-14)24(21,22)19-7-1-2-13(12-19)16(20)18-8-10-23-11-9-18/h3-6,13H,1-2,7-12H2/t13-/m1/s1. The molecule has 1 aromatic rings. The van der Waals surface area contributed by atoms with Gasteiger partial charge in [0, 0.05) is 42.7 Å². The van der Waals surface area contributed by atoms with Crippen molar-refractivity contribution in [3.63, 3.8) is 0 Å². The van der Waals surface area contributed by atoms with E-state index in [0.29, 0.717) is 18.0 Å². The van der Waals surface area contributed by atoms with E-state index in [1.807, 2.05) is 16.7 Å². The van der Waals surface area contributed by atoms with Crippen molar-refractivity contribution in [2.24, 2.45) is 5.92 Å². The highest BCUT2D eigenvalue weighted by atomic mass is 35.5. The first kappa shape index (κ1) is 18.0. The van der Waals surface area contributed by atoms with Gasteiger partial charge in [-0.2, -0.15) is 16.1 Å². The molecular formula is C16H21ClN2O3S2. The van der Waals surface area contributed by atoms with E-state index in [-0.39, 0.29) is 23.3 Å². The maximum atomic E-state index is 12.8. The average molecular weight is 389 g/mol. The van der Waals surface area contributed by atoms with Crippen LogP contribution in [0.5, 0.6) is 0 Å². The first-order valence-electron chi connectivity index (χ1n) is 8.11. The minimum absolute atomic E-state index is 0.103. The van der Waals surface area contributed by atoms with Crippen LogP contribution in [0.1, 0.15) is 12.8 Å². The highest BCUT2D eigenvalue weighted by Gasteiger charge is 2.35. The number of carbonyl (C=O) groups is 1. The second kappa shape index (κ2) is 7.64. The summed E-state index contributed by atoms with van der Waals surface area (Å²) in [6, 6.07) is 6.19. The number of carbonyl (C=O) groups excluding carboxylic acids is 1. The van der Waals surface area contributed by atoms with Crippen LogP contribution in [-0.2, 0) is 14.8 Å². The van der Waals surface area contributed by atoms with E-state index in [9.17, 15) is 13.2 Å². The summed E-state index contributed by atoms with van der Waals surface area (Å²) in [5, 5.41) is 0.503. The second-order valence-electron chi connectivity index (χ2n) is 6.09. The molecule has 1 amide bonds. The molecule has 1 aromatic carbocycles. The normalized spacial score (nSPS) is 23.2. The van der Waals surface area contributed by atoms with E-state index in [1.54, 1.807) is 12.1 Å². The number of halogens is 1. The number of sulfonamides is 1. The van der Waals surface area contributed by atoms with Crippen LogP contribution in [0.3, 0.4) is 0 Å². The Morgan fingerprint density at radius 2 is 1.79 bits per heavy atom. The average Bonchev–Trinajstić information content (AvgIpc) is 2.62. The van der Waals surface area contributed by atoms with Crippen LogP contribution in [-0.4, -0.2) is 61.2 Å². The molecule has 132 valence electrons. The van der Waals surface area contributed by atoms with Crippen molar-refractivity contribution in [3.8, 4) is 0 Å². The quantitative estimate of drug-likeness (QED) is 0.797. The molecule has 2 aliphatic rings. The van der Waals surface area contributed by atoms with E-state index < -0.39 is 10.0 Å². The lowest BCUT2D eigenvalue weighted by Crippen LogP contribution is -2.48. The summed E-state index contributed by atoms with van der Waals surface area (Å²) >= 11 is 7.69. The molecule has 2 heterocycles. The Kier molecular flexibility index (Phi) is 5.74. The van der Waals surface area contributed by atoms with Gasteiger partial charge in [0.2, 0.25) is 15.9 Å². The van der Waals surface area contributed by atoms with Crippen molar-refractivity contribution in [2.45, 2.75) is 17.7 Å². The summed E-state index contributed by atoms with van der Waals surface area (Å²) < 4.78 is 27.0. The fraction of sp³-hybridized carbons (Fsp3) is 0.562. The summed E-state index contributed by atoms with van der Waals surface area (Å²) in [7, 11) is -3.58. The van der Waals surface area contributed by atoms with Gasteiger partial charge in [0.15, 0.2) is 0 Å². The maximum Gasteiger partial charge on any atom is 0.243 e. The largest absolute Gasteiger partial charge is 0.341 e. The Hall–Kier alpha value is -0.760. The molecule has 2 saturated heterocycles. The van der Waals surface area contributed by atoms with Crippen LogP contribution >= 0.6 is 23.4 Å². The molecule has 0 saturated carbocycles. The number of hydrogen-bond acceptors (Lipinski definition) is 4. The number of hydrogen-bond donors (Lipinski definition) is 0. The van der Waals surface area contributed by atoms with Crippen molar-refractivity contribution in [3.05, 3.63) is 29.3 Å². The Bertz CT molecular complexity index is 688. The van der Waals surface area contributed by atoms with Crippen molar-refractivity contribution in [1.29, 1.82) is 0 Å². The number of benzene rings is 1. The van der Waals surface area contributed by atoms with E-state index in [2.05, 4.69) is 0 Å². The molecule has 24 heavy (non-hydrogen) atoms. The number of rotatable bonds is 3. The molecule has 0 unspecified atom stereocenters. The van der Waals surface area contributed by atoms with E-state index in [1.165, 1.54) is 16.4 Å². The molecule has 8 heteroatoms. The maximum absolute atomic E-state index is 12.8. The third kappa shape index (κ3) is 3.90. The minimum atomic E-state index is -3.58. The predicted octanol–water partition coefficient (Wildman–Crippen LogP) is 2.32. The zero-order valence-electron chi connectivity index (χ0n) is 13.4. The number of piperidine rings is 1. The number of amides is 1. The van der Waals surface area contributed by atoms with Gasteiger partial charge in [-0.25, -0.2) is 8.42 Å². The third-order valence-corrected chi connectivity index (χ3v) is 7.58. The van der Waals surface area contributed by atoms with Crippen LogP contribution in [0.2, 0.25) is 5.02 Å². The molecule has 0 aromatic heterocycles. The lowest BCUT2D eigenvalue weighted by atomic mass is 9.98. The molecule has 0 aliphatic carbocycles. The van der Waals surface area contributed by atoms with Crippen LogP contribution in [0.15, 0.2) is 29.2 Å². The summed E-state index contributed by atoms with van der Waals surface area (Å²) in [6.07, 6.45) is 1.47. The van der Waals surface area contributed by atoms with Gasteiger partial charge < -0.3 is 4.90 Å². The molecule has 0 bridgehead atoms.